The van der Waals surface area contributed by atoms with E-state index < -0.39 is 6.04 Å². The van der Waals surface area contributed by atoms with E-state index in [0.717, 1.165) is 0 Å². The Morgan fingerprint density at radius 1 is 1.37 bits per heavy atom. The molecule has 5 heteroatoms. The van der Waals surface area contributed by atoms with Gasteiger partial charge in [0.1, 0.15) is 0 Å². The first-order valence-electron chi connectivity index (χ1n) is 6.36. The fourth-order valence-corrected chi connectivity index (χ4v) is 1.55. The predicted molar refractivity (Wildman–Crippen MR) is 75.6 cm³/mol. The van der Waals surface area contributed by atoms with Crippen molar-refractivity contribution in [3.63, 3.8) is 0 Å². The van der Waals surface area contributed by atoms with Crippen LogP contribution in [0.2, 0.25) is 0 Å². The highest BCUT2D eigenvalue weighted by atomic mass is 16.5. The molecule has 3 N–H and O–H groups in total. The minimum absolute atomic E-state index is 0.0876. The lowest BCUT2D eigenvalue weighted by Crippen LogP contribution is -2.39. The molecule has 0 heterocycles. The summed E-state index contributed by atoms with van der Waals surface area (Å²) < 4.78 is 10.6. The SMILES string of the molecule is CCOc1cc(NC(=O)C(N)C(C)C)ccc1OC. The maximum absolute atomic E-state index is 11.9. The van der Waals surface area contributed by atoms with Crippen molar-refractivity contribution in [2.45, 2.75) is 26.8 Å². The molecule has 0 radical (unpaired) electrons. The summed E-state index contributed by atoms with van der Waals surface area (Å²) in [5.74, 6) is 1.11. The fourth-order valence-electron chi connectivity index (χ4n) is 1.55. The fraction of sp³-hybridized carbons (Fsp3) is 0.500. The molecule has 0 aliphatic carbocycles. The number of ether oxygens (including phenoxy) is 2. The minimum atomic E-state index is -0.530. The molecular formula is C14H22N2O3. The van der Waals surface area contributed by atoms with Crippen LogP contribution in [0.1, 0.15) is 20.8 Å². The van der Waals surface area contributed by atoms with Crippen LogP contribution in [0, 0.1) is 5.92 Å². The highest BCUT2D eigenvalue weighted by molar-refractivity contribution is 5.95. The molecular weight excluding hydrogens is 244 g/mol. The molecule has 0 saturated heterocycles. The molecule has 0 spiro atoms. The van der Waals surface area contributed by atoms with E-state index in [-0.39, 0.29) is 11.8 Å². The lowest BCUT2D eigenvalue weighted by Gasteiger charge is -2.16. The Hall–Kier alpha value is -1.75. The number of benzene rings is 1. The Morgan fingerprint density at radius 3 is 2.58 bits per heavy atom. The Balaban J connectivity index is 2.84. The number of hydrogen-bond acceptors (Lipinski definition) is 4. The van der Waals surface area contributed by atoms with Gasteiger partial charge in [-0.3, -0.25) is 4.79 Å². The number of carbonyl (C=O) groups excluding carboxylic acids is 1. The van der Waals surface area contributed by atoms with Crippen molar-refractivity contribution in [1.82, 2.24) is 0 Å². The van der Waals surface area contributed by atoms with E-state index in [1.807, 2.05) is 20.8 Å². The molecule has 0 saturated carbocycles. The van der Waals surface area contributed by atoms with Gasteiger partial charge in [-0.1, -0.05) is 13.8 Å². The molecule has 0 aliphatic heterocycles. The zero-order chi connectivity index (χ0) is 14.4. The van der Waals surface area contributed by atoms with E-state index in [4.69, 9.17) is 15.2 Å². The lowest BCUT2D eigenvalue weighted by atomic mass is 10.0. The molecule has 1 aromatic rings. The van der Waals surface area contributed by atoms with Crippen LogP contribution in [0.15, 0.2) is 18.2 Å². The van der Waals surface area contributed by atoms with Gasteiger partial charge in [-0.2, -0.15) is 0 Å². The molecule has 0 aliphatic rings. The average molecular weight is 266 g/mol. The second-order valence-corrected chi connectivity index (χ2v) is 4.56. The van der Waals surface area contributed by atoms with Crippen LogP contribution in [-0.2, 0) is 4.79 Å². The van der Waals surface area contributed by atoms with Crippen LogP contribution in [0.3, 0.4) is 0 Å². The van der Waals surface area contributed by atoms with E-state index in [2.05, 4.69) is 5.32 Å². The summed E-state index contributed by atoms with van der Waals surface area (Å²) in [5, 5.41) is 2.77. The van der Waals surface area contributed by atoms with Crippen LogP contribution < -0.4 is 20.5 Å². The molecule has 0 fully saturated rings. The number of nitrogens with one attached hydrogen (secondary N) is 1. The Labute approximate surface area is 114 Å². The molecule has 0 aromatic heterocycles. The van der Waals surface area contributed by atoms with E-state index in [0.29, 0.717) is 23.8 Å². The first-order chi connectivity index (χ1) is 8.99. The highest BCUT2D eigenvalue weighted by Gasteiger charge is 2.17. The number of carbonyl (C=O) groups is 1. The third-order valence-electron chi connectivity index (χ3n) is 2.75. The number of methoxy groups -OCH3 is 1. The van der Waals surface area contributed by atoms with Gasteiger partial charge in [-0.05, 0) is 25.0 Å². The number of amides is 1. The van der Waals surface area contributed by atoms with Gasteiger partial charge >= 0.3 is 0 Å². The molecule has 1 unspecified atom stereocenters. The molecule has 0 bridgehead atoms. The summed E-state index contributed by atoms with van der Waals surface area (Å²) in [6.07, 6.45) is 0. The second-order valence-electron chi connectivity index (χ2n) is 4.56. The standard InChI is InChI=1S/C14H22N2O3/c1-5-19-12-8-10(6-7-11(12)18-4)16-14(17)13(15)9(2)3/h6-9,13H,5,15H2,1-4H3,(H,16,17). The second kappa shape index (κ2) is 6.99. The Morgan fingerprint density at radius 2 is 2.05 bits per heavy atom. The molecule has 1 rings (SSSR count). The summed E-state index contributed by atoms with van der Waals surface area (Å²) in [6, 6.07) is 4.71. The first-order valence-corrected chi connectivity index (χ1v) is 6.36. The van der Waals surface area contributed by atoms with Crippen LogP contribution in [0.25, 0.3) is 0 Å². The third kappa shape index (κ3) is 4.13. The van der Waals surface area contributed by atoms with Crippen molar-refractivity contribution in [2.75, 3.05) is 19.0 Å². The van der Waals surface area contributed by atoms with Crippen molar-refractivity contribution in [2.24, 2.45) is 11.7 Å². The summed E-state index contributed by atoms with van der Waals surface area (Å²) >= 11 is 0. The minimum Gasteiger partial charge on any atom is -0.493 e. The third-order valence-corrected chi connectivity index (χ3v) is 2.75. The lowest BCUT2D eigenvalue weighted by molar-refractivity contribution is -0.118. The van der Waals surface area contributed by atoms with Crippen molar-refractivity contribution in [1.29, 1.82) is 0 Å². The van der Waals surface area contributed by atoms with E-state index in [9.17, 15) is 4.79 Å². The molecule has 1 amide bonds. The quantitative estimate of drug-likeness (QED) is 0.826. The van der Waals surface area contributed by atoms with E-state index in [1.54, 1.807) is 25.3 Å². The van der Waals surface area contributed by atoms with Gasteiger partial charge in [-0.15, -0.1) is 0 Å². The van der Waals surface area contributed by atoms with Crippen LogP contribution in [0.4, 0.5) is 5.69 Å². The molecule has 106 valence electrons. The van der Waals surface area contributed by atoms with Gasteiger partial charge in [0.05, 0.1) is 19.8 Å². The maximum atomic E-state index is 11.9. The zero-order valence-electron chi connectivity index (χ0n) is 11.9. The van der Waals surface area contributed by atoms with Gasteiger partial charge in [0, 0.05) is 11.8 Å². The van der Waals surface area contributed by atoms with Crippen molar-refractivity contribution < 1.29 is 14.3 Å². The van der Waals surface area contributed by atoms with Crippen LogP contribution in [0.5, 0.6) is 11.5 Å². The predicted octanol–water partition coefficient (Wildman–Crippen LogP) is 2.02. The summed E-state index contributed by atoms with van der Waals surface area (Å²) in [7, 11) is 1.57. The van der Waals surface area contributed by atoms with E-state index in [1.165, 1.54) is 0 Å². The van der Waals surface area contributed by atoms with Gasteiger partial charge in [0.2, 0.25) is 5.91 Å². The van der Waals surface area contributed by atoms with Crippen molar-refractivity contribution in [3.8, 4) is 11.5 Å². The maximum Gasteiger partial charge on any atom is 0.241 e. The number of anilines is 1. The average Bonchev–Trinajstić information content (AvgIpc) is 2.38. The van der Waals surface area contributed by atoms with Gasteiger partial charge < -0.3 is 20.5 Å². The van der Waals surface area contributed by atoms with Crippen molar-refractivity contribution >= 4 is 11.6 Å². The van der Waals surface area contributed by atoms with Crippen LogP contribution >= 0.6 is 0 Å². The Kier molecular flexibility index (Phi) is 5.63. The number of rotatable bonds is 6. The summed E-state index contributed by atoms with van der Waals surface area (Å²) in [4.78, 5) is 11.9. The summed E-state index contributed by atoms with van der Waals surface area (Å²) in [5.41, 5.74) is 6.44. The normalized spacial score (nSPS) is 12.1. The van der Waals surface area contributed by atoms with Gasteiger partial charge in [0.15, 0.2) is 11.5 Å². The van der Waals surface area contributed by atoms with Gasteiger partial charge in [-0.25, -0.2) is 0 Å². The highest BCUT2D eigenvalue weighted by Crippen LogP contribution is 2.30. The molecule has 1 aromatic carbocycles. The summed E-state index contributed by atoms with van der Waals surface area (Å²) in [6.45, 7) is 6.23. The Bertz CT molecular complexity index is 433. The topological polar surface area (TPSA) is 73.6 Å². The smallest absolute Gasteiger partial charge is 0.241 e. The zero-order valence-corrected chi connectivity index (χ0v) is 11.9. The largest absolute Gasteiger partial charge is 0.493 e. The molecule has 5 nitrogen and oxygen atoms in total. The molecule has 19 heavy (non-hydrogen) atoms. The molecule has 1 atom stereocenters. The van der Waals surface area contributed by atoms with Crippen LogP contribution in [-0.4, -0.2) is 25.7 Å². The number of nitrogens with two attached hydrogens (primary N) is 1. The monoisotopic (exact) mass is 266 g/mol. The van der Waals surface area contributed by atoms with E-state index >= 15 is 0 Å². The number of hydrogen-bond donors (Lipinski definition) is 2. The first kappa shape index (κ1) is 15.3. The van der Waals surface area contributed by atoms with Gasteiger partial charge in [0.25, 0.3) is 0 Å². The van der Waals surface area contributed by atoms with Crippen molar-refractivity contribution in [3.05, 3.63) is 18.2 Å².